The number of aromatic nitrogens is 2. The first-order valence-corrected chi connectivity index (χ1v) is 17.6. The van der Waals surface area contributed by atoms with Gasteiger partial charge in [-0.3, -0.25) is 14.5 Å². The van der Waals surface area contributed by atoms with E-state index in [0.717, 1.165) is 49.1 Å². The molecule has 0 bridgehead atoms. The second kappa shape index (κ2) is 14.5. The Kier molecular flexibility index (Phi) is 10.1. The van der Waals surface area contributed by atoms with Crippen molar-refractivity contribution in [1.29, 1.82) is 5.26 Å². The molecule has 2 aromatic rings. The minimum atomic E-state index is -0.866. The third kappa shape index (κ3) is 6.83. The smallest absolute Gasteiger partial charge is 0.267 e. The molecule has 1 amide bonds. The molecule has 49 heavy (non-hydrogen) atoms. The Balaban J connectivity index is 1.35. The summed E-state index contributed by atoms with van der Waals surface area (Å²) in [4.78, 5) is 44.0. The molecule has 2 aromatic heterocycles. The molecule has 4 aliphatic rings. The fourth-order valence-corrected chi connectivity index (χ4v) is 8.70. The topological polar surface area (TPSA) is 208 Å². The van der Waals surface area contributed by atoms with Crippen molar-refractivity contribution >= 4 is 45.8 Å². The number of aryl methyl sites for hydroxylation is 1. The molecule has 2 aliphatic heterocycles. The van der Waals surface area contributed by atoms with Gasteiger partial charge in [0.25, 0.3) is 5.91 Å². The Bertz CT molecular complexity index is 1770. The van der Waals surface area contributed by atoms with E-state index in [-0.39, 0.29) is 52.9 Å². The number of likely N-dealkylation sites (N-methyl/N-ethyl adjacent to an activating group) is 1. The predicted octanol–water partition coefficient (Wildman–Crippen LogP) is 3.17. The van der Waals surface area contributed by atoms with E-state index in [4.69, 9.17) is 26.7 Å². The fourth-order valence-electron chi connectivity index (χ4n) is 7.54. The number of anilines is 1. The average molecular weight is 686 g/mol. The van der Waals surface area contributed by atoms with E-state index in [1.54, 1.807) is 12.1 Å². The summed E-state index contributed by atoms with van der Waals surface area (Å²) >= 11 is 1.40. The number of ether oxygens (including phenoxy) is 2. The van der Waals surface area contributed by atoms with Gasteiger partial charge in [-0.25, -0.2) is 9.98 Å². The number of nitrogen functional groups attached to an aromatic ring is 1. The number of carbonyl (C=O) groups is 2. The summed E-state index contributed by atoms with van der Waals surface area (Å²) in [5.74, 6) is -0.00469. The van der Waals surface area contributed by atoms with Gasteiger partial charge < -0.3 is 32.0 Å². The number of likely N-dealkylation sites (tertiary alicyclic amines) is 1. The molecule has 6 rings (SSSR count). The second-order valence-electron chi connectivity index (χ2n) is 13.1. The quantitative estimate of drug-likeness (QED) is 0.171. The highest BCUT2D eigenvalue weighted by molar-refractivity contribution is 7.16. The lowest BCUT2D eigenvalue weighted by molar-refractivity contribution is -0.123. The molecule has 2 saturated heterocycles. The van der Waals surface area contributed by atoms with Gasteiger partial charge in [0.05, 0.1) is 41.1 Å². The average Bonchev–Trinajstić information content (AvgIpc) is 3.84. The molecule has 258 valence electrons. The lowest BCUT2D eigenvalue weighted by atomic mass is 9.61. The Morgan fingerprint density at radius 3 is 2.78 bits per heavy atom. The highest BCUT2D eigenvalue weighted by Crippen LogP contribution is 2.52. The lowest BCUT2D eigenvalue weighted by Gasteiger charge is -2.40. The predicted molar refractivity (Wildman–Crippen MR) is 188 cm³/mol. The van der Waals surface area contributed by atoms with Crippen LogP contribution in [0.1, 0.15) is 73.2 Å². The van der Waals surface area contributed by atoms with Crippen molar-refractivity contribution in [1.82, 2.24) is 20.2 Å². The van der Waals surface area contributed by atoms with Crippen molar-refractivity contribution in [2.45, 2.75) is 81.4 Å². The summed E-state index contributed by atoms with van der Waals surface area (Å²) < 4.78 is 11.7. The number of allylic oxidation sites excluding steroid dienone is 2. The standard InChI is InChI=1S/C35H43N9O4S/c1-3-25(24-8-6-15-44(24)2)48-28-17-27(40-14-10-23(37)34(46)41-20-11-16-47-19-20)42-33(43-28)30(38)21-7-4-12-35(31(21)45)13-5-9-26-29(35)22(18-36)32(39)49-26/h3,10,14,17,20,24-25H,1,4-9,11-13,15-16,19,37-39H2,2H3,(H,41,46)/b23-10-,30-21?,40-14+/t20-,24-,25-,35-/m0/s1. The molecule has 4 heterocycles. The van der Waals surface area contributed by atoms with Gasteiger partial charge in [0.1, 0.15) is 17.2 Å². The summed E-state index contributed by atoms with van der Waals surface area (Å²) in [7, 11) is 2.05. The first kappa shape index (κ1) is 34.3. The largest absolute Gasteiger partial charge is 0.468 e. The Morgan fingerprint density at radius 1 is 1.29 bits per heavy atom. The zero-order valence-electron chi connectivity index (χ0n) is 27.7. The van der Waals surface area contributed by atoms with Gasteiger partial charge in [-0.15, -0.1) is 11.3 Å². The summed E-state index contributed by atoms with van der Waals surface area (Å²) in [6.45, 7) is 6.00. The highest BCUT2D eigenvalue weighted by Gasteiger charge is 2.49. The van der Waals surface area contributed by atoms with Crippen molar-refractivity contribution in [2.24, 2.45) is 16.5 Å². The van der Waals surface area contributed by atoms with E-state index in [1.807, 2.05) is 7.05 Å². The van der Waals surface area contributed by atoms with Crippen LogP contribution in [-0.4, -0.2) is 77.8 Å². The maximum absolute atomic E-state index is 14.5. The number of rotatable bonds is 9. The molecule has 0 unspecified atom stereocenters. The van der Waals surface area contributed by atoms with Crippen molar-refractivity contribution < 1.29 is 19.1 Å². The van der Waals surface area contributed by atoms with Crippen LogP contribution in [0.3, 0.4) is 0 Å². The minimum absolute atomic E-state index is 0.0187. The lowest BCUT2D eigenvalue weighted by Crippen LogP contribution is -2.43. The molecule has 4 atom stereocenters. The van der Waals surface area contributed by atoms with Gasteiger partial charge in [-0.2, -0.15) is 10.2 Å². The molecule has 14 heteroatoms. The monoisotopic (exact) mass is 685 g/mol. The molecule has 1 saturated carbocycles. The number of aliphatic imine (C=N–C) groups is 1. The number of nitrogens with two attached hydrogens (primary N) is 3. The zero-order chi connectivity index (χ0) is 34.7. The van der Waals surface area contributed by atoms with Crippen LogP contribution in [0, 0.1) is 11.3 Å². The number of hydrogen-bond acceptors (Lipinski definition) is 13. The Hall–Kier alpha value is -4.58. The number of carbonyl (C=O) groups excluding carboxylic acids is 2. The minimum Gasteiger partial charge on any atom is -0.468 e. The van der Waals surface area contributed by atoms with Crippen molar-refractivity contribution in [3.8, 4) is 11.9 Å². The van der Waals surface area contributed by atoms with Crippen molar-refractivity contribution in [2.75, 3.05) is 32.5 Å². The first-order chi connectivity index (χ1) is 23.6. The van der Waals surface area contributed by atoms with Gasteiger partial charge >= 0.3 is 0 Å². The number of nitriles is 1. The van der Waals surface area contributed by atoms with Crippen molar-refractivity contribution in [3.05, 3.63) is 57.9 Å². The number of amides is 1. The van der Waals surface area contributed by atoms with Gasteiger partial charge in [-0.05, 0) is 89.1 Å². The SMILES string of the molecule is C=C[C@H](Oc1cc(/N=C/C=C(\N)C(=O)N[C@H]2CCOC2)nc(C(N)=C2CCC[C@@]3(CCCc4sc(N)c(C#N)c43)C2=O)n1)[C@@H]1CCCN1C. The molecule has 1 spiro atoms. The maximum atomic E-state index is 14.5. The number of thiophene rings is 1. The number of Topliss-reactive ketones (excluding diaryl/α,β-unsaturated/α-hetero) is 1. The summed E-state index contributed by atoms with van der Waals surface area (Å²) in [6, 6.07) is 3.86. The third-order valence-corrected chi connectivity index (χ3v) is 11.1. The number of fused-ring (bicyclic) bond motifs is 2. The molecule has 13 nitrogen and oxygen atoms in total. The van der Waals surface area contributed by atoms with Gasteiger partial charge in [0.15, 0.2) is 17.4 Å². The zero-order valence-corrected chi connectivity index (χ0v) is 28.6. The third-order valence-electron chi connectivity index (χ3n) is 10.0. The molecular weight excluding hydrogens is 643 g/mol. The van der Waals surface area contributed by atoms with Gasteiger partial charge in [-0.1, -0.05) is 6.58 Å². The summed E-state index contributed by atoms with van der Waals surface area (Å²) in [6.07, 6.45) is 10.9. The summed E-state index contributed by atoms with van der Waals surface area (Å²) in [5, 5.41) is 13.3. The fraction of sp³-hybridized carbons (Fsp3) is 0.486. The van der Waals surface area contributed by atoms with Crippen LogP contribution in [0.25, 0.3) is 5.70 Å². The normalized spacial score (nSPS) is 26.0. The van der Waals surface area contributed by atoms with Crippen LogP contribution in [0.4, 0.5) is 10.8 Å². The second-order valence-corrected chi connectivity index (χ2v) is 14.2. The number of ketones is 1. The van der Waals surface area contributed by atoms with E-state index in [1.165, 1.54) is 23.6 Å². The Labute approximate surface area is 289 Å². The number of hydrogen-bond donors (Lipinski definition) is 4. The maximum Gasteiger partial charge on any atom is 0.267 e. The van der Waals surface area contributed by atoms with Crippen LogP contribution in [0.15, 0.2) is 41.1 Å². The van der Waals surface area contributed by atoms with Crippen LogP contribution < -0.4 is 27.3 Å². The molecular formula is C35H43N9O4S. The van der Waals surface area contributed by atoms with E-state index in [9.17, 15) is 14.9 Å². The molecule has 3 fully saturated rings. The van der Waals surface area contributed by atoms with E-state index < -0.39 is 11.3 Å². The van der Waals surface area contributed by atoms with E-state index in [2.05, 4.69) is 37.8 Å². The Morgan fingerprint density at radius 2 is 2.08 bits per heavy atom. The first-order valence-electron chi connectivity index (χ1n) is 16.8. The van der Waals surface area contributed by atoms with E-state index >= 15 is 0 Å². The van der Waals surface area contributed by atoms with Crippen LogP contribution in [0.2, 0.25) is 0 Å². The van der Waals surface area contributed by atoms with Crippen molar-refractivity contribution in [3.63, 3.8) is 0 Å². The molecule has 0 aromatic carbocycles. The highest BCUT2D eigenvalue weighted by atomic mass is 32.1. The number of nitrogens with one attached hydrogen (secondary N) is 1. The van der Waals surface area contributed by atoms with Crippen LogP contribution in [-0.2, 0) is 26.2 Å². The number of nitrogens with zero attached hydrogens (tertiary/aromatic N) is 5. The van der Waals surface area contributed by atoms with Gasteiger partial charge in [0.2, 0.25) is 5.88 Å². The van der Waals surface area contributed by atoms with E-state index in [0.29, 0.717) is 55.0 Å². The van der Waals surface area contributed by atoms with Gasteiger partial charge in [0, 0.05) is 29.3 Å². The summed E-state index contributed by atoms with van der Waals surface area (Å²) in [5.41, 5.74) is 19.9. The van der Waals surface area contributed by atoms with Crippen LogP contribution in [0.5, 0.6) is 5.88 Å². The molecule has 0 radical (unpaired) electrons. The molecule has 7 N–H and O–H groups in total. The van der Waals surface area contributed by atoms with Crippen LogP contribution >= 0.6 is 11.3 Å². The molecule has 2 aliphatic carbocycles.